The van der Waals surface area contributed by atoms with Gasteiger partial charge in [-0.3, -0.25) is 0 Å². The number of aryl methyl sites for hydroxylation is 1. The summed E-state index contributed by atoms with van der Waals surface area (Å²) in [5.41, 5.74) is 2.78. The van der Waals surface area contributed by atoms with Crippen molar-refractivity contribution >= 4 is 0 Å². The van der Waals surface area contributed by atoms with E-state index in [1.165, 1.54) is 11.1 Å². The molecule has 1 fully saturated rings. The lowest BCUT2D eigenvalue weighted by molar-refractivity contribution is -0.0500. The van der Waals surface area contributed by atoms with Crippen LogP contribution in [0.4, 0.5) is 0 Å². The van der Waals surface area contributed by atoms with Crippen molar-refractivity contribution in [3.63, 3.8) is 0 Å². The molecule has 0 radical (unpaired) electrons. The topological polar surface area (TPSA) is 18.5 Å². The zero-order valence-electron chi connectivity index (χ0n) is 9.67. The van der Waals surface area contributed by atoms with Gasteiger partial charge in [0.25, 0.3) is 0 Å². The van der Waals surface area contributed by atoms with Crippen LogP contribution in [0.3, 0.4) is 0 Å². The van der Waals surface area contributed by atoms with E-state index in [-0.39, 0.29) is 5.41 Å². The summed E-state index contributed by atoms with van der Waals surface area (Å²) in [5.74, 6) is 0.991. The summed E-state index contributed by atoms with van der Waals surface area (Å²) < 4.78 is 10.8. The Hall–Kier alpha value is -1.02. The van der Waals surface area contributed by atoms with Gasteiger partial charge in [0.15, 0.2) is 0 Å². The lowest BCUT2D eigenvalue weighted by Gasteiger charge is -2.38. The minimum Gasteiger partial charge on any atom is -0.494 e. The first-order valence-corrected chi connectivity index (χ1v) is 5.47. The van der Waals surface area contributed by atoms with Crippen molar-refractivity contribution in [3.05, 3.63) is 29.3 Å². The zero-order chi connectivity index (χ0) is 10.9. The van der Waals surface area contributed by atoms with E-state index in [1.807, 2.05) is 6.92 Å². The van der Waals surface area contributed by atoms with Gasteiger partial charge in [-0.05, 0) is 31.0 Å². The summed E-state index contributed by atoms with van der Waals surface area (Å²) in [6.45, 7) is 8.73. The number of ether oxygens (including phenoxy) is 2. The smallest absolute Gasteiger partial charge is 0.122 e. The van der Waals surface area contributed by atoms with E-state index in [1.54, 1.807) is 0 Å². The molecule has 1 aromatic rings. The second-order valence-corrected chi connectivity index (χ2v) is 4.47. The Labute approximate surface area is 91.2 Å². The fourth-order valence-corrected chi connectivity index (χ4v) is 1.92. The fraction of sp³-hybridized carbons (Fsp3) is 0.538. The molecule has 1 aliphatic rings. The van der Waals surface area contributed by atoms with Crippen LogP contribution in [-0.2, 0) is 10.2 Å². The fourth-order valence-electron chi connectivity index (χ4n) is 1.92. The first-order chi connectivity index (χ1) is 7.15. The van der Waals surface area contributed by atoms with Crippen molar-refractivity contribution in [1.29, 1.82) is 0 Å². The highest BCUT2D eigenvalue weighted by Gasteiger charge is 2.35. The molecule has 0 aromatic heterocycles. The summed E-state index contributed by atoms with van der Waals surface area (Å²) in [5, 5.41) is 0. The van der Waals surface area contributed by atoms with E-state index in [4.69, 9.17) is 9.47 Å². The molecule has 1 heterocycles. The molecule has 82 valence electrons. The molecule has 0 aliphatic carbocycles. The van der Waals surface area contributed by atoms with Gasteiger partial charge < -0.3 is 9.47 Å². The van der Waals surface area contributed by atoms with Crippen molar-refractivity contribution in [1.82, 2.24) is 0 Å². The van der Waals surface area contributed by atoms with Crippen LogP contribution in [0.5, 0.6) is 5.75 Å². The Kier molecular flexibility index (Phi) is 2.70. The van der Waals surface area contributed by atoms with Gasteiger partial charge in [-0.1, -0.05) is 19.1 Å². The highest BCUT2D eigenvalue weighted by Crippen LogP contribution is 2.33. The van der Waals surface area contributed by atoms with Gasteiger partial charge in [-0.25, -0.2) is 0 Å². The Morgan fingerprint density at radius 1 is 1.40 bits per heavy atom. The normalized spacial score (nSPS) is 18.3. The first kappa shape index (κ1) is 10.5. The quantitative estimate of drug-likeness (QED) is 0.757. The van der Waals surface area contributed by atoms with E-state index in [9.17, 15) is 0 Å². The van der Waals surface area contributed by atoms with E-state index < -0.39 is 0 Å². The van der Waals surface area contributed by atoms with Crippen LogP contribution in [0.1, 0.15) is 25.0 Å². The Bertz CT molecular complexity index is 354. The Morgan fingerprint density at radius 3 is 2.60 bits per heavy atom. The van der Waals surface area contributed by atoms with E-state index in [0.717, 1.165) is 25.6 Å². The van der Waals surface area contributed by atoms with Crippen LogP contribution < -0.4 is 4.74 Å². The third-order valence-electron chi connectivity index (χ3n) is 3.01. The Morgan fingerprint density at radius 2 is 2.13 bits per heavy atom. The molecule has 1 saturated heterocycles. The van der Waals surface area contributed by atoms with Crippen LogP contribution in [0.25, 0.3) is 0 Å². The van der Waals surface area contributed by atoms with Crippen molar-refractivity contribution < 1.29 is 9.47 Å². The van der Waals surface area contributed by atoms with Gasteiger partial charge >= 0.3 is 0 Å². The van der Waals surface area contributed by atoms with Gasteiger partial charge in [-0.2, -0.15) is 0 Å². The van der Waals surface area contributed by atoms with Crippen LogP contribution in [0, 0.1) is 6.92 Å². The molecular formula is C13H18O2. The van der Waals surface area contributed by atoms with E-state index in [2.05, 4.69) is 32.0 Å². The molecular weight excluding hydrogens is 188 g/mol. The average molecular weight is 206 g/mol. The molecule has 0 unspecified atom stereocenters. The molecule has 0 bridgehead atoms. The molecule has 2 heteroatoms. The maximum absolute atomic E-state index is 5.52. The van der Waals surface area contributed by atoms with Crippen molar-refractivity contribution in [2.45, 2.75) is 26.2 Å². The van der Waals surface area contributed by atoms with Crippen molar-refractivity contribution in [2.75, 3.05) is 19.8 Å². The number of hydrogen-bond donors (Lipinski definition) is 0. The molecule has 15 heavy (non-hydrogen) atoms. The van der Waals surface area contributed by atoms with Gasteiger partial charge in [0, 0.05) is 5.41 Å². The largest absolute Gasteiger partial charge is 0.494 e. The summed E-state index contributed by atoms with van der Waals surface area (Å²) in [7, 11) is 0. The van der Waals surface area contributed by atoms with E-state index in [0.29, 0.717) is 0 Å². The predicted molar refractivity (Wildman–Crippen MR) is 60.5 cm³/mol. The SMILES string of the molecule is CCOc1ccc(C2(C)COC2)cc1C. The lowest BCUT2D eigenvalue weighted by atomic mass is 9.80. The van der Waals surface area contributed by atoms with Crippen LogP contribution in [0.2, 0.25) is 0 Å². The molecule has 0 amide bonds. The van der Waals surface area contributed by atoms with Crippen LogP contribution in [0.15, 0.2) is 18.2 Å². The van der Waals surface area contributed by atoms with Gasteiger partial charge in [0.1, 0.15) is 5.75 Å². The molecule has 0 spiro atoms. The second kappa shape index (κ2) is 3.86. The molecule has 2 nitrogen and oxygen atoms in total. The predicted octanol–water partition coefficient (Wildman–Crippen LogP) is 2.68. The average Bonchev–Trinajstić information content (AvgIpc) is 2.18. The highest BCUT2D eigenvalue weighted by atomic mass is 16.5. The second-order valence-electron chi connectivity index (χ2n) is 4.47. The number of rotatable bonds is 3. The monoisotopic (exact) mass is 206 g/mol. The summed E-state index contributed by atoms with van der Waals surface area (Å²) >= 11 is 0. The van der Waals surface area contributed by atoms with E-state index >= 15 is 0 Å². The number of hydrogen-bond acceptors (Lipinski definition) is 2. The maximum Gasteiger partial charge on any atom is 0.122 e. The minimum absolute atomic E-state index is 0.218. The minimum atomic E-state index is 0.218. The summed E-state index contributed by atoms with van der Waals surface area (Å²) in [6, 6.07) is 6.44. The van der Waals surface area contributed by atoms with Gasteiger partial charge in [0.05, 0.1) is 19.8 Å². The highest BCUT2D eigenvalue weighted by molar-refractivity contribution is 5.40. The van der Waals surface area contributed by atoms with Crippen LogP contribution >= 0.6 is 0 Å². The van der Waals surface area contributed by atoms with Crippen LogP contribution in [-0.4, -0.2) is 19.8 Å². The van der Waals surface area contributed by atoms with Crippen molar-refractivity contribution in [2.24, 2.45) is 0 Å². The summed E-state index contributed by atoms with van der Waals surface area (Å²) in [4.78, 5) is 0. The molecule has 0 atom stereocenters. The number of benzene rings is 1. The lowest BCUT2D eigenvalue weighted by Crippen LogP contribution is -2.43. The van der Waals surface area contributed by atoms with Crippen molar-refractivity contribution in [3.8, 4) is 5.75 Å². The molecule has 1 aliphatic heterocycles. The third-order valence-corrected chi connectivity index (χ3v) is 3.01. The van der Waals surface area contributed by atoms with Gasteiger partial charge in [-0.15, -0.1) is 0 Å². The standard InChI is InChI=1S/C13H18O2/c1-4-15-12-6-5-11(7-10(12)2)13(3)8-14-9-13/h5-7H,4,8-9H2,1-3H3. The molecule has 2 rings (SSSR count). The first-order valence-electron chi connectivity index (χ1n) is 5.47. The zero-order valence-corrected chi connectivity index (χ0v) is 9.67. The maximum atomic E-state index is 5.52. The molecule has 1 aromatic carbocycles. The molecule has 0 N–H and O–H groups in total. The Balaban J connectivity index is 2.25. The third kappa shape index (κ3) is 1.86. The molecule has 0 saturated carbocycles. The summed E-state index contributed by atoms with van der Waals surface area (Å²) in [6.07, 6.45) is 0. The van der Waals surface area contributed by atoms with Gasteiger partial charge in [0.2, 0.25) is 0 Å².